The van der Waals surface area contributed by atoms with Crippen LogP contribution in [0.1, 0.15) is 10.5 Å². The van der Waals surface area contributed by atoms with Crippen molar-refractivity contribution in [3.8, 4) is 17.0 Å². The van der Waals surface area contributed by atoms with Crippen molar-refractivity contribution in [2.24, 2.45) is 0 Å². The van der Waals surface area contributed by atoms with Crippen LogP contribution in [0.5, 0.6) is 5.75 Å². The fourth-order valence-electron chi connectivity index (χ4n) is 2.24. The highest BCUT2D eigenvalue weighted by atomic mass is 19.1. The van der Waals surface area contributed by atoms with E-state index in [0.717, 1.165) is 0 Å². The van der Waals surface area contributed by atoms with E-state index in [0.29, 0.717) is 17.0 Å². The molecule has 0 radical (unpaired) electrons. The summed E-state index contributed by atoms with van der Waals surface area (Å²) in [5.74, 6) is -0.548. The maximum absolute atomic E-state index is 13.6. The highest BCUT2D eigenvalue weighted by Gasteiger charge is 2.12. The summed E-state index contributed by atoms with van der Waals surface area (Å²) in [6.07, 6.45) is 0. The van der Waals surface area contributed by atoms with Crippen LogP contribution in [0.15, 0.2) is 59.4 Å². The van der Waals surface area contributed by atoms with E-state index in [1.54, 1.807) is 37.4 Å². The lowest BCUT2D eigenvalue weighted by atomic mass is 10.1. The quantitative estimate of drug-likeness (QED) is 0.765. The zero-order chi connectivity index (χ0) is 17.8. The van der Waals surface area contributed by atoms with Gasteiger partial charge in [-0.05, 0) is 42.5 Å². The molecule has 0 fully saturated rings. The highest BCUT2D eigenvalue weighted by molar-refractivity contribution is 6.03. The number of methoxy groups -OCH3 is 1. The topological polar surface area (TPSA) is 84.1 Å². The Balaban J connectivity index is 1.92. The number of amides is 1. The minimum absolute atomic E-state index is 0.0194. The van der Waals surface area contributed by atoms with Crippen LogP contribution in [0.3, 0.4) is 0 Å². The number of hydrogen-bond acceptors (Lipinski definition) is 4. The third-order valence-corrected chi connectivity index (χ3v) is 3.50. The molecule has 3 rings (SSSR count). The molecule has 0 saturated carbocycles. The van der Waals surface area contributed by atoms with E-state index in [4.69, 9.17) is 4.74 Å². The van der Waals surface area contributed by atoms with Crippen LogP contribution in [-0.4, -0.2) is 23.0 Å². The predicted molar refractivity (Wildman–Crippen MR) is 91.2 cm³/mol. The van der Waals surface area contributed by atoms with Gasteiger partial charge in [-0.15, -0.1) is 0 Å². The summed E-state index contributed by atoms with van der Waals surface area (Å²) >= 11 is 0. The fourth-order valence-corrected chi connectivity index (χ4v) is 2.24. The summed E-state index contributed by atoms with van der Waals surface area (Å²) in [4.78, 5) is 30.3. The summed E-state index contributed by atoms with van der Waals surface area (Å²) in [7, 11) is 1.55. The summed E-state index contributed by atoms with van der Waals surface area (Å²) in [6, 6.07) is 14.1. The Hall–Kier alpha value is -3.48. The van der Waals surface area contributed by atoms with Crippen molar-refractivity contribution < 1.29 is 13.9 Å². The first-order valence-electron chi connectivity index (χ1n) is 7.38. The van der Waals surface area contributed by atoms with E-state index in [1.807, 2.05) is 0 Å². The predicted octanol–water partition coefficient (Wildman–Crippen LogP) is 2.84. The van der Waals surface area contributed by atoms with Gasteiger partial charge in [-0.2, -0.15) is 4.98 Å². The number of H-pyrrole nitrogens is 1. The van der Waals surface area contributed by atoms with Gasteiger partial charge in [-0.3, -0.25) is 4.79 Å². The second-order valence-electron chi connectivity index (χ2n) is 5.15. The first-order chi connectivity index (χ1) is 12.1. The Bertz CT molecular complexity index is 968. The Labute approximate surface area is 142 Å². The van der Waals surface area contributed by atoms with E-state index in [-0.39, 0.29) is 11.4 Å². The van der Waals surface area contributed by atoms with Gasteiger partial charge in [0.25, 0.3) is 5.91 Å². The van der Waals surface area contributed by atoms with Gasteiger partial charge in [0, 0.05) is 5.56 Å². The third-order valence-electron chi connectivity index (χ3n) is 3.50. The second kappa shape index (κ2) is 6.96. The van der Waals surface area contributed by atoms with Gasteiger partial charge in [0.2, 0.25) is 0 Å². The zero-order valence-corrected chi connectivity index (χ0v) is 13.2. The van der Waals surface area contributed by atoms with Crippen LogP contribution >= 0.6 is 0 Å². The SMILES string of the molecule is COc1ccc(-c2cc(C(=O)Nc3ccccc3F)[nH]c(=O)n2)cc1. The number of aromatic amines is 1. The first-order valence-corrected chi connectivity index (χ1v) is 7.38. The van der Waals surface area contributed by atoms with Gasteiger partial charge in [0.05, 0.1) is 18.5 Å². The highest BCUT2D eigenvalue weighted by Crippen LogP contribution is 2.20. The summed E-state index contributed by atoms with van der Waals surface area (Å²) in [5, 5.41) is 2.42. The number of carbonyl (C=O) groups excluding carboxylic acids is 1. The molecule has 7 heteroatoms. The molecule has 0 unspecified atom stereocenters. The van der Waals surface area contributed by atoms with Gasteiger partial charge >= 0.3 is 5.69 Å². The van der Waals surface area contributed by atoms with Crippen LogP contribution in [0.25, 0.3) is 11.3 Å². The maximum Gasteiger partial charge on any atom is 0.346 e. The van der Waals surface area contributed by atoms with Crippen LogP contribution in [0, 0.1) is 5.82 Å². The van der Waals surface area contributed by atoms with Gasteiger partial charge in [0.15, 0.2) is 0 Å². The molecular formula is C18H14FN3O3. The van der Waals surface area contributed by atoms with E-state index in [1.165, 1.54) is 24.3 Å². The van der Waals surface area contributed by atoms with Crippen molar-refractivity contribution in [2.75, 3.05) is 12.4 Å². The molecule has 2 N–H and O–H groups in total. The number of anilines is 1. The molecular weight excluding hydrogens is 325 g/mol. The molecule has 0 spiro atoms. The lowest BCUT2D eigenvalue weighted by molar-refractivity contribution is 0.102. The number of ether oxygens (including phenoxy) is 1. The summed E-state index contributed by atoms with van der Waals surface area (Å²) in [5.41, 5.74) is 0.300. The molecule has 0 bridgehead atoms. The number of hydrogen-bond donors (Lipinski definition) is 2. The normalized spacial score (nSPS) is 10.3. The van der Waals surface area contributed by atoms with Crippen LogP contribution < -0.4 is 15.7 Å². The van der Waals surface area contributed by atoms with Gasteiger partial charge in [-0.25, -0.2) is 9.18 Å². The Morgan fingerprint density at radius 2 is 1.88 bits per heavy atom. The molecule has 0 saturated heterocycles. The zero-order valence-electron chi connectivity index (χ0n) is 13.2. The number of halogens is 1. The molecule has 1 heterocycles. The molecule has 0 aliphatic carbocycles. The number of nitrogens with one attached hydrogen (secondary N) is 2. The number of benzene rings is 2. The molecule has 6 nitrogen and oxygen atoms in total. The maximum atomic E-state index is 13.6. The van der Waals surface area contributed by atoms with Gasteiger partial charge in [-0.1, -0.05) is 12.1 Å². The third kappa shape index (κ3) is 3.72. The van der Waals surface area contributed by atoms with Crippen molar-refractivity contribution in [3.05, 3.63) is 76.6 Å². The van der Waals surface area contributed by atoms with E-state index in [9.17, 15) is 14.0 Å². The molecule has 1 aromatic heterocycles. The number of rotatable bonds is 4. The molecule has 0 atom stereocenters. The first kappa shape index (κ1) is 16.4. The molecule has 3 aromatic rings. The van der Waals surface area contributed by atoms with Crippen molar-refractivity contribution in [2.45, 2.75) is 0 Å². The smallest absolute Gasteiger partial charge is 0.346 e. The minimum Gasteiger partial charge on any atom is -0.497 e. The Morgan fingerprint density at radius 3 is 2.56 bits per heavy atom. The number of carbonyl (C=O) groups is 1. The standard InChI is InChI=1S/C18H14FN3O3/c1-25-12-8-6-11(7-9-12)15-10-16(22-18(24)21-15)17(23)20-14-5-3-2-4-13(14)19/h2-10H,1H3,(H,20,23)(H,21,22,24). The largest absolute Gasteiger partial charge is 0.497 e. The van der Waals surface area contributed by atoms with Crippen molar-refractivity contribution >= 4 is 11.6 Å². The molecule has 2 aromatic carbocycles. The van der Waals surface area contributed by atoms with Crippen LogP contribution in [-0.2, 0) is 0 Å². The van der Waals surface area contributed by atoms with Crippen molar-refractivity contribution in [3.63, 3.8) is 0 Å². The summed E-state index contributed by atoms with van der Waals surface area (Å²) in [6.45, 7) is 0. The van der Waals surface area contributed by atoms with E-state index < -0.39 is 17.4 Å². The fraction of sp³-hybridized carbons (Fsp3) is 0.0556. The Kier molecular flexibility index (Phi) is 4.56. The molecule has 25 heavy (non-hydrogen) atoms. The second-order valence-corrected chi connectivity index (χ2v) is 5.15. The van der Waals surface area contributed by atoms with Gasteiger partial charge in [0.1, 0.15) is 17.3 Å². The molecule has 1 amide bonds. The average molecular weight is 339 g/mol. The van der Waals surface area contributed by atoms with Crippen LogP contribution in [0.4, 0.5) is 10.1 Å². The number of para-hydroxylation sites is 1. The molecule has 0 aliphatic rings. The molecule has 0 aliphatic heterocycles. The average Bonchev–Trinajstić information content (AvgIpc) is 2.63. The summed E-state index contributed by atoms with van der Waals surface area (Å²) < 4.78 is 18.7. The lowest BCUT2D eigenvalue weighted by Gasteiger charge is -2.07. The number of aromatic nitrogens is 2. The van der Waals surface area contributed by atoms with E-state index in [2.05, 4.69) is 15.3 Å². The number of nitrogens with zero attached hydrogens (tertiary/aromatic N) is 1. The van der Waals surface area contributed by atoms with E-state index >= 15 is 0 Å². The molecule has 126 valence electrons. The van der Waals surface area contributed by atoms with Gasteiger partial charge < -0.3 is 15.0 Å². The lowest BCUT2D eigenvalue weighted by Crippen LogP contribution is -2.21. The monoisotopic (exact) mass is 339 g/mol. The Morgan fingerprint density at radius 1 is 1.16 bits per heavy atom. The van der Waals surface area contributed by atoms with Crippen LogP contribution in [0.2, 0.25) is 0 Å². The minimum atomic E-state index is -0.674. The van der Waals surface area contributed by atoms with Crippen molar-refractivity contribution in [1.82, 2.24) is 9.97 Å². The van der Waals surface area contributed by atoms with Crippen molar-refractivity contribution in [1.29, 1.82) is 0 Å².